The summed E-state index contributed by atoms with van der Waals surface area (Å²) in [5.74, 6) is 0. The molecule has 1 N–H and O–H groups in total. The van der Waals surface area contributed by atoms with Gasteiger partial charge in [-0.1, -0.05) is 12.1 Å². The minimum atomic E-state index is 0.115. The van der Waals surface area contributed by atoms with E-state index in [1.54, 1.807) is 6.07 Å². The van der Waals surface area contributed by atoms with Gasteiger partial charge >= 0.3 is 0 Å². The van der Waals surface area contributed by atoms with Crippen LogP contribution in [0, 0.1) is 0 Å². The Bertz CT molecular complexity index is 611. The Balaban J connectivity index is 1.73. The first-order valence-corrected chi connectivity index (χ1v) is 7.16. The SMILES string of the molecule is O=c1ccn(CCCC2CCCN2)c2ccccc12. The average Bonchev–Trinajstić information content (AvgIpc) is 2.95. The average molecular weight is 256 g/mol. The number of para-hydroxylation sites is 1. The molecule has 100 valence electrons. The zero-order valence-electron chi connectivity index (χ0n) is 11.1. The Hall–Kier alpha value is -1.61. The van der Waals surface area contributed by atoms with Crippen molar-refractivity contribution >= 4 is 10.9 Å². The maximum absolute atomic E-state index is 11.8. The highest BCUT2D eigenvalue weighted by molar-refractivity contribution is 5.78. The van der Waals surface area contributed by atoms with Crippen molar-refractivity contribution in [1.29, 1.82) is 0 Å². The second-order valence-corrected chi connectivity index (χ2v) is 5.33. The summed E-state index contributed by atoms with van der Waals surface area (Å²) in [5, 5.41) is 4.35. The van der Waals surface area contributed by atoms with Crippen LogP contribution in [0.5, 0.6) is 0 Å². The van der Waals surface area contributed by atoms with Crippen molar-refractivity contribution in [3.8, 4) is 0 Å². The molecule has 3 rings (SSSR count). The number of nitrogens with one attached hydrogen (secondary N) is 1. The highest BCUT2D eigenvalue weighted by atomic mass is 16.1. The molecule has 1 aliphatic heterocycles. The maximum atomic E-state index is 11.8. The number of benzene rings is 1. The van der Waals surface area contributed by atoms with Gasteiger partial charge in [0, 0.05) is 30.2 Å². The molecule has 0 aliphatic carbocycles. The van der Waals surface area contributed by atoms with E-state index in [2.05, 4.69) is 9.88 Å². The fourth-order valence-electron chi connectivity index (χ4n) is 2.97. The van der Waals surface area contributed by atoms with Gasteiger partial charge in [0.2, 0.25) is 0 Å². The van der Waals surface area contributed by atoms with Crippen LogP contribution in [0.25, 0.3) is 10.9 Å². The number of nitrogens with zero attached hydrogens (tertiary/aromatic N) is 1. The molecule has 0 bridgehead atoms. The molecule has 0 spiro atoms. The number of aromatic nitrogens is 1. The van der Waals surface area contributed by atoms with Crippen LogP contribution in [-0.4, -0.2) is 17.2 Å². The molecule has 3 nitrogen and oxygen atoms in total. The Kier molecular flexibility index (Phi) is 3.65. The van der Waals surface area contributed by atoms with Gasteiger partial charge in [0.25, 0.3) is 0 Å². The first-order valence-electron chi connectivity index (χ1n) is 7.16. The number of hydrogen-bond donors (Lipinski definition) is 1. The Morgan fingerprint density at radius 3 is 3.00 bits per heavy atom. The van der Waals surface area contributed by atoms with Crippen molar-refractivity contribution in [2.24, 2.45) is 0 Å². The third-order valence-corrected chi connectivity index (χ3v) is 4.00. The lowest BCUT2D eigenvalue weighted by atomic mass is 10.1. The third-order valence-electron chi connectivity index (χ3n) is 4.00. The van der Waals surface area contributed by atoms with Crippen molar-refractivity contribution in [3.63, 3.8) is 0 Å². The van der Waals surface area contributed by atoms with Crippen LogP contribution in [0.15, 0.2) is 41.3 Å². The number of rotatable bonds is 4. The largest absolute Gasteiger partial charge is 0.347 e. The summed E-state index contributed by atoms with van der Waals surface area (Å²) in [4.78, 5) is 11.8. The molecule has 1 fully saturated rings. The third kappa shape index (κ3) is 2.71. The normalized spacial score (nSPS) is 19.1. The molecule has 1 aromatic carbocycles. The molecule has 1 aliphatic rings. The first-order chi connectivity index (χ1) is 9.34. The molecule has 1 unspecified atom stereocenters. The van der Waals surface area contributed by atoms with E-state index in [4.69, 9.17) is 0 Å². The highest BCUT2D eigenvalue weighted by Gasteiger charge is 2.13. The Labute approximate surface area is 113 Å². The standard InChI is InChI=1S/C16H20N2O/c19-16-9-12-18(15-8-2-1-7-14(15)16)11-4-6-13-5-3-10-17-13/h1-2,7-9,12-13,17H,3-6,10-11H2. The van der Waals surface area contributed by atoms with Gasteiger partial charge in [0.15, 0.2) is 5.43 Å². The maximum Gasteiger partial charge on any atom is 0.189 e. The van der Waals surface area contributed by atoms with Gasteiger partial charge in [-0.05, 0) is 44.4 Å². The first kappa shape index (κ1) is 12.4. The summed E-state index contributed by atoms with van der Waals surface area (Å²) >= 11 is 0. The van der Waals surface area contributed by atoms with Gasteiger partial charge in [0.1, 0.15) is 0 Å². The van der Waals surface area contributed by atoms with E-state index < -0.39 is 0 Å². The van der Waals surface area contributed by atoms with Crippen LogP contribution in [-0.2, 0) is 6.54 Å². The number of pyridine rings is 1. The molecular weight excluding hydrogens is 236 g/mol. The quantitative estimate of drug-likeness (QED) is 0.912. The molecule has 1 aromatic heterocycles. The molecule has 0 radical (unpaired) electrons. The van der Waals surface area contributed by atoms with Crippen LogP contribution in [0.3, 0.4) is 0 Å². The van der Waals surface area contributed by atoms with Crippen LogP contribution in [0.1, 0.15) is 25.7 Å². The monoisotopic (exact) mass is 256 g/mol. The molecule has 0 saturated carbocycles. The van der Waals surface area contributed by atoms with E-state index in [0.717, 1.165) is 23.9 Å². The molecule has 19 heavy (non-hydrogen) atoms. The molecule has 3 heteroatoms. The molecule has 1 saturated heterocycles. The van der Waals surface area contributed by atoms with Gasteiger partial charge < -0.3 is 9.88 Å². The molecule has 2 aromatic rings. The fraction of sp³-hybridized carbons (Fsp3) is 0.438. The van der Waals surface area contributed by atoms with Crippen LogP contribution in [0.4, 0.5) is 0 Å². The smallest absolute Gasteiger partial charge is 0.189 e. The topological polar surface area (TPSA) is 34.0 Å². The van der Waals surface area contributed by atoms with Crippen LogP contribution in [0.2, 0.25) is 0 Å². The lowest BCUT2D eigenvalue weighted by Gasteiger charge is -2.13. The molecular formula is C16H20N2O. The number of aryl methyl sites for hydroxylation is 1. The lowest BCUT2D eigenvalue weighted by molar-refractivity contribution is 0.506. The second kappa shape index (κ2) is 5.57. The van der Waals surface area contributed by atoms with Crippen molar-refractivity contribution in [3.05, 3.63) is 46.8 Å². The lowest BCUT2D eigenvalue weighted by Crippen LogP contribution is -2.21. The predicted molar refractivity (Wildman–Crippen MR) is 78.5 cm³/mol. The van der Waals surface area contributed by atoms with E-state index in [-0.39, 0.29) is 5.43 Å². The van der Waals surface area contributed by atoms with Gasteiger partial charge in [-0.15, -0.1) is 0 Å². The fourth-order valence-corrected chi connectivity index (χ4v) is 2.97. The Morgan fingerprint density at radius 2 is 2.16 bits per heavy atom. The zero-order chi connectivity index (χ0) is 13.1. The van der Waals surface area contributed by atoms with Gasteiger partial charge in [-0.2, -0.15) is 0 Å². The minimum Gasteiger partial charge on any atom is -0.347 e. The van der Waals surface area contributed by atoms with Gasteiger partial charge in [0.05, 0.1) is 5.52 Å². The summed E-state index contributed by atoms with van der Waals surface area (Å²) in [6.07, 6.45) is 6.92. The molecule has 2 heterocycles. The minimum absolute atomic E-state index is 0.115. The number of hydrogen-bond acceptors (Lipinski definition) is 2. The van der Waals surface area contributed by atoms with Crippen LogP contribution < -0.4 is 10.7 Å². The van der Waals surface area contributed by atoms with Crippen molar-refractivity contribution in [2.45, 2.75) is 38.3 Å². The number of fused-ring (bicyclic) bond motifs is 1. The predicted octanol–water partition coefficient (Wildman–Crippen LogP) is 2.53. The molecule has 0 amide bonds. The molecule has 1 atom stereocenters. The van der Waals surface area contributed by atoms with E-state index in [9.17, 15) is 4.79 Å². The summed E-state index contributed by atoms with van der Waals surface area (Å²) in [5.41, 5.74) is 1.17. The van der Waals surface area contributed by atoms with Gasteiger partial charge in [-0.25, -0.2) is 0 Å². The van der Waals surface area contributed by atoms with Crippen LogP contribution >= 0.6 is 0 Å². The van der Waals surface area contributed by atoms with Crippen molar-refractivity contribution in [1.82, 2.24) is 9.88 Å². The second-order valence-electron chi connectivity index (χ2n) is 5.33. The van der Waals surface area contributed by atoms with Gasteiger partial charge in [-0.3, -0.25) is 4.79 Å². The zero-order valence-corrected chi connectivity index (χ0v) is 11.1. The highest BCUT2D eigenvalue weighted by Crippen LogP contribution is 2.14. The summed E-state index contributed by atoms with van der Waals surface area (Å²) < 4.78 is 2.20. The van der Waals surface area contributed by atoms with E-state index in [1.165, 1.54) is 25.8 Å². The Morgan fingerprint density at radius 1 is 1.26 bits per heavy atom. The summed E-state index contributed by atoms with van der Waals surface area (Å²) in [7, 11) is 0. The van der Waals surface area contributed by atoms with E-state index in [1.807, 2.05) is 30.5 Å². The van der Waals surface area contributed by atoms with Crippen molar-refractivity contribution in [2.75, 3.05) is 6.54 Å². The van der Waals surface area contributed by atoms with E-state index >= 15 is 0 Å². The summed E-state index contributed by atoms with van der Waals surface area (Å²) in [6.45, 7) is 2.16. The van der Waals surface area contributed by atoms with E-state index in [0.29, 0.717) is 6.04 Å². The van der Waals surface area contributed by atoms with Crippen molar-refractivity contribution < 1.29 is 0 Å². The summed E-state index contributed by atoms with van der Waals surface area (Å²) in [6, 6.07) is 10.2.